The van der Waals surface area contributed by atoms with Crippen LogP contribution in [0.3, 0.4) is 0 Å². The van der Waals surface area contributed by atoms with Crippen molar-refractivity contribution in [2.75, 3.05) is 6.61 Å². The van der Waals surface area contributed by atoms with E-state index in [9.17, 15) is 4.79 Å². The monoisotopic (exact) mass is 276 g/mol. The van der Waals surface area contributed by atoms with Crippen LogP contribution in [0.2, 0.25) is 25.7 Å². The number of nitrogens with zero attached hydrogens (tertiary/aromatic N) is 2. The van der Waals surface area contributed by atoms with Crippen LogP contribution < -0.4 is 0 Å². The SMILES string of the molecule is C[Si](C)(C)CCOCn1cnc2ccc(C=O)cc21. The number of aromatic nitrogens is 2. The lowest BCUT2D eigenvalue weighted by Gasteiger charge is -2.15. The predicted octanol–water partition coefficient (Wildman–Crippen LogP) is 3.16. The molecule has 0 unspecified atom stereocenters. The smallest absolute Gasteiger partial charge is 0.150 e. The molecule has 0 fully saturated rings. The number of carbonyl (C=O) groups is 1. The van der Waals surface area contributed by atoms with E-state index in [1.165, 1.54) is 0 Å². The van der Waals surface area contributed by atoms with E-state index in [4.69, 9.17) is 4.74 Å². The third kappa shape index (κ3) is 3.75. The molecule has 1 heterocycles. The molecule has 0 saturated carbocycles. The van der Waals surface area contributed by atoms with Gasteiger partial charge < -0.3 is 9.30 Å². The lowest BCUT2D eigenvalue weighted by Crippen LogP contribution is -2.21. The van der Waals surface area contributed by atoms with Crippen molar-refractivity contribution in [2.45, 2.75) is 32.4 Å². The Morgan fingerprint density at radius 3 is 2.84 bits per heavy atom. The second-order valence-electron chi connectivity index (χ2n) is 5.93. The summed E-state index contributed by atoms with van der Waals surface area (Å²) in [6.07, 6.45) is 2.61. The molecule has 0 radical (unpaired) electrons. The summed E-state index contributed by atoms with van der Waals surface area (Å²) < 4.78 is 7.64. The van der Waals surface area contributed by atoms with Crippen molar-refractivity contribution in [3.63, 3.8) is 0 Å². The van der Waals surface area contributed by atoms with Gasteiger partial charge in [0, 0.05) is 20.2 Å². The summed E-state index contributed by atoms with van der Waals surface area (Å²) in [6, 6.07) is 6.63. The fraction of sp³-hybridized carbons (Fsp3) is 0.429. The highest BCUT2D eigenvalue weighted by Crippen LogP contribution is 2.15. The number of ether oxygens (including phenoxy) is 1. The van der Waals surface area contributed by atoms with Gasteiger partial charge >= 0.3 is 0 Å². The molecule has 0 N–H and O–H groups in total. The van der Waals surface area contributed by atoms with Crippen molar-refractivity contribution in [1.82, 2.24) is 9.55 Å². The van der Waals surface area contributed by atoms with Crippen LogP contribution in [0.25, 0.3) is 11.0 Å². The second kappa shape index (κ2) is 5.67. The maximum absolute atomic E-state index is 10.8. The van der Waals surface area contributed by atoms with Crippen molar-refractivity contribution in [2.24, 2.45) is 0 Å². The lowest BCUT2D eigenvalue weighted by atomic mass is 10.2. The van der Waals surface area contributed by atoms with Crippen molar-refractivity contribution in [1.29, 1.82) is 0 Å². The quantitative estimate of drug-likeness (QED) is 0.462. The third-order valence-electron chi connectivity index (χ3n) is 3.01. The molecule has 0 spiro atoms. The molecule has 0 aliphatic rings. The predicted molar refractivity (Wildman–Crippen MR) is 79.2 cm³/mol. The van der Waals surface area contributed by atoms with E-state index in [-0.39, 0.29) is 0 Å². The zero-order valence-electron chi connectivity index (χ0n) is 11.7. The molecule has 5 heteroatoms. The Morgan fingerprint density at radius 1 is 1.37 bits per heavy atom. The Morgan fingerprint density at radius 2 is 2.16 bits per heavy atom. The lowest BCUT2D eigenvalue weighted by molar-refractivity contribution is 0.0898. The van der Waals surface area contributed by atoms with Crippen LogP contribution in [0, 0.1) is 0 Å². The molecule has 4 nitrogen and oxygen atoms in total. The Kier molecular flexibility index (Phi) is 4.16. The topological polar surface area (TPSA) is 44.1 Å². The highest BCUT2D eigenvalue weighted by molar-refractivity contribution is 6.76. The zero-order valence-corrected chi connectivity index (χ0v) is 12.7. The summed E-state index contributed by atoms with van der Waals surface area (Å²) in [5, 5.41) is 0. The number of rotatable bonds is 6. The van der Waals surface area contributed by atoms with Gasteiger partial charge in [0.1, 0.15) is 13.0 Å². The first-order valence-electron chi connectivity index (χ1n) is 6.47. The van der Waals surface area contributed by atoms with Crippen LogP contribution in [-0.2, 0) is 11.5 Å². The number of benzene rings is 1. The number of hydrogen-bond donors (Lipinski definition) is 0. The number of fused-ring (bicyclic) bond motifs is 1. The van der Waals surface area contributed by atoms with Crippen LogP contribution in [-0.4, -0.2) is 30.5 Å². The average molecular weight is 276 g/mol. The Labute approximate surface area is 114 Å². The molecule has 0 atom stereocenters. The van der Waals surface area contributed by atoms with Crippen LogP contribution in [0.15, 0.2) is 24.5 Å². The van der Waals surface area contributed by atoms with Gasteiger partial charge in [0.2, 0.25) is 0 Å². The minimum atomic E-state index is -1.04. The summed E-state index contributed by atoms with van der Waals surface area (Å²) in [4.78, 5) is 15.1. The van der Waals surface area contributed by atoms with E-state index in [1.54, 1.807) is 12.4 Å². The van der Waals surface area contributed by atoms with Crippen molar-refractivity contribution in [3.05, 3.63) is 30.1 Å². The first kappa shape index (κ1) is 14.0. The normalized spacial score (nSPS) is 11.9. The number of hydrogen-bond acceptors (Lipinski definition) is 3. The van der Waals surface area contributed by atoms with Crippen molar-refractivity contribution >= 4 is 25.4 Å². The Balaban J connectivity index is 2.02. The van der Waals surface area contributed by atoms with Gasteiger partial charge in [0.15, 0.2) is 0 Å². The van der Waals surface area contributed by atoms with Crippen LogP contribution in [0.5, 0.6) is 0 Å². The summed E-state index contributed by atoms with van der Waals surface area (Å²) in [5.41, 5.74) is 2.49. The molecular formula is C14H20N2O2Si. The maximum Gasteiger partial charge on any atom is 0.150 e. The molecule has 102 valence electrons. The highest BCUT2D eigenvalue weighted by Gasteiger charge is 2.12. The highest BCUT2D eigenvalue weighted by atomic mass is 28.3. The van der Waals surface area contributed by atoms with Gasteiger partial charge in [-0.1, -0.05) is 19.6 Å². The Hall–Kier alpha value is -1.46. The third-order valence-corrected chi connectivity index (χ3v) is 4.71. The molecule has 0 amide bonds. The van der Waals surface area contributed by atoms with Crippen molar-refractivity contribution < 1.29 is 9.53 Å². The number of aldehydes is 1. The molecule has 1 aromatic heterocycles. The number of carbonyl (C=O) groups excluding carboxylic acids is 1. The number of imidazole rings is 1. The molecule has 0 bridgehead atoms. The van der Waals surface area contributed by atoms with E-state index in [0.717, 1.165) is 30.0 Å². The molecule has 0 aliphatic heterocycles. The standard InChI is InChI=1S/C14H20N2O2Si/c1-19(2,3)7-6-18-11-16-10-15-13-5-4-12(9-17)8-14(13)16/h4-5,8-10H,6-7,11H2,1-3H3. The van der Waals surface area contributed by atoms with E-state index in [0.29, 0.717) is 12.3 Å². The molecule has 1 aromatic carbocycles. The summed E-state index contributed by atoms with van der Waals surface area (Å²) in [7, 11) is -1.04. The van der Waals surface area contributed by atoms with E-state index in [2.05, 4.69) is 24.6 Å². The molecule has 2 rings (SSSR count). The second-order valence-corrected chi connectivity index (χ2v) is 11.5. The van der Waals surface area contributed by atoms with Gasteiger partial charge in [0.05, 0.1) is 17.4 Å². The van der Waals surface area contributed by atoms with Gasteiger partial charge in [-0.15, -0.1) is 0 Å². The Bertz CT molecular complexity index is 572. The van der Waals surface area contributed by atoms with Gasteiger partial charge in [-0.05, 0) is 24.2 Å². The van der Waals surface area contributed by atoms with Crippen LogP contribution in [0.4, 0.5) is 0 Å². The van der Waals surface area contributed by atoms with Gasteiger partial charge in [0.25, 0.3) is 0 Å². The molecule has 0 aliphatic carbocycles. The minimum absolute atomic E-state index is 0.489. The van der Waals surface area contributed by atoms with E-state index >= 15 is 0 Å². The van der Waals surface area contributed by atoms with Crippen LogP contribution >= 0.6 is 0 Å². The molecule has 19 heavy (non-hydrogen) atoms. The van der Waals surface area contributed by atoms with Crippen LogP contribution in [0.1, 0.15) is 10.4 Å². The average Bonchev–Trinajstić information content (AvgIpc) is 2.76. The first-order valence-corrected chi connectivity index (χ1v) is 10.2. The zero-order chi connectivity index (χ0) is 13.9. The molecule has 2 aromatic rings. The molecular weight excluding hydrogens is 256 g/mol. The fourth-order valence-electron chi connectivity index (χ4n) is 1.79. The van der Waals surface area contributed by atoms with Crippen molar-refractivity contribution in [3.8, 4) is 0 Å². The van der Waals surface area contributed by atoms with Gasteiger partial charge in [-0.2, -0.15) is 0 Å². The first-order chi connectivity index (χ1) is 8.99. The van der Waals surface area contributed by atoms with Gasteiger partial charge in [-0.25, -0.2) is 4.98 Å². The summed E-state index contributed by atoms with van der Waals surface area (Å²) in [5.74, 6) is 0. The summed E-state index contributed by atoms with van der Waals surface area (Å²) in [6.45, 7) is 8.27. The summed E-state index contributed by atoms with van der Waals surface area (Å²) >= 11 is 0. The van der Waals surface area contributed by atoms with E-state index < -0.39 is 8.07 Å². The minimum Gasteiger partial charge on any atom is -0.361 e. The van der Waals surface area contributed by atoms with E-state index in [1.807, 2.05) is 16.7 Å². The van der Waals surface area contributed by atoms with Gasteiger partial charge in [-0.3, -0.25) is 4.79 Å². The maximum atomic E-state index is 10.8. The molecule has 0 saturated heterocycles. The largest absolute Gasteiger partial charge is 0.361 e. The fourth-order valence-corrected chi connectivity index (χ4v) is 2.55.